The van der Waals surface area contributed by atoms with Gasteiger partial charge in [0, 0.05) is 20.1 Å². The van der Waals surface area contributed by atoms with Crippen LogP contribution in [0.5, 0.6) is 0 Å². The fourth-order valence-corrected chi connectivity index (χ4v) is 1.44. The van der Waals surface area contributed by atoms with Gasteiger partial charge < -0.3 is 10.1 Å². The van der Waals surface area contributed by atoms with Gasteiger partial charge in [-0.2, -0.15) is 0 Å². The van der Waals surface area contributed by atoms with E-state index in [2.05, 4.69) is 23.4 Å². The molecule has 0 spiro atoms. The fourth-order valence-electron chi connectivity index (χ4n) is 1.44. The van der Waals surface area contributed by atoms with Crippen molar-refractivity contribution in [3.63, 3.8) is 0 Å². The van der Waals surface area contributed by atoms with Gasteiger partial charge in [-0.3, -0.25) is 0 Å². The molecule has 1 N–H and O–H groups in total. The molecule has 0 heterocycles. The maximum Gasteiger partial charge on any atom is 0.0657 e. The first-order valence-corrected chi connectivity index (χ1v) is 5.09. The van der Waals surface area contributed by atoms with E-state index in [-0.39, 0.29) is 6.04 Å². The van der Waals surface area contributed by atoms with Crippen molar-refractivity contribution >= 4 is 0 Å². The smallest absolute Gasteiger partial charge is 0.0657 e. The molecule has 1 unspecified atom stereocenters. The summed E-state index contributed by atoms with van der Waals surface area (Å²) in [7, 11) is 1.71. The maximum atomic E-state index is 5.21. The summed E-state index contributed by atoms with van der Waals surface area (Å²) in [4.78, 5) is 0. The fraction of sp³-hybridized carbons (Fsp3) is 0.385. The van der Waals surface area contributed by atoms with Crippen molar-refractivity contribution in [2.24, 2.45) is 0 Å². The zero-order chi connectivity index (χ0) is 10.9. The molecule has 0 aliphatic rings. The molecule has 0 saturated heterocycles. The molecule has 0 aromatic heterocycles. The number of rotatable bonds is 6. The second-order valence-electron chi connectivity index (χ2n) is 3.33. The molecule has 0 fully saturated rings. The lowest BCUT2D eigenvalue weighted by atomic mass is 10.1. The van der Waals surface area contributed by atoms with E-state index in [9.17, 15) is 0 Å². The third-order valence-corrected chi connectivity index (χ3v) is 2.20. The molecule has 1 rings (SSSR count). The number of benzene rings is 1. The van der Waals surface area contributed by atoms with Crippen molar-refractivity contribution in [2.75, 3.05) is 20.3 Å². The average molecular weight is 203 g/mol. The Balaban J connectivity index is 2.54. The molecule has 2 nitrogen and oxygen atoms in total. The van der Waals surface area contributed by atoms with Gasteiger partial charge in [-0.1, -0.05) is 30.3 Å². The zero-order valence-corrected chi connectivity index (χ0v) is 9.07. The topological polar surface area (TPSA) is 21.3 Å². The van der Waals surface area contributed by atoms with Crippen LogP contribution in [0.3, 0.4) is 0 Å². The first kappa shape index (κ1) is 11.8. The van der Waals surface area contributed by atoms with Gasteiger partial charge in [0.1, 0.15) is 0 Å². The van der Waals surface area contributed by atoms with Gasteiger partial charge in [0.25, 0.3) is 0 Å². The van der Waals surface area contributed by atoms with Crippen LogP contribution in [0.4, 0.5) is 0 Å². The highest BCUT2D eigenvalue weighted by Crippen LogP contribution is 2.12. The number of hydrogen-bond acceptors (Lipinski definition) is 2. The van der Waals surface area contributed by atoms with Gasteiger partial charge in [-0.15, -0.1) is 12.3 Å². The molecule has 0 radical (unpaired) electrons. The minimum absolute atomic E-state index is 0.226. The van der Waals surface area contributed by atoms with Gasteiger partial charge in [-0.25, -0.2) is 0 Å². The average Bonchev–Trinajstić information content (AvgIpc) is 2.29. The minimum atomic E-state index is 0.226. The monoisotopic (exact) mass is 203 g/mol. The number of ether oxygens (including phenoxy) is 1. The minimum Gasteiger partial charge on any atom is -0.383 e. The molecule has 0 bridgehead atoms. The Hall–Kier alpha value is -1.30. The number of terminal acetylenes is 1. The van der Waals surface area contributed by atoms with Crippen LogP contribution in [0, 0.1) is 12.3 Å². The van der Waals surface area contributed by atoms with Gasteiger partial charge in [0.15, 0.2) is 0 Å². The highest BCUT2D eigenvalue weighted by molar-refractivity contribution is 5.18. The van der Waals surface area contributed by atoms with Crippen LogP contribution in [-0.2, 0) is 4.74 Å². The summed E-state index contributed by atoms with van der Waals surface area (Å²) in [6.45, 7) is 1.48. The molecule has 0 saturated carbocycles. The van der Waals surface area contributed by atoms with Gasteiger partial charge in [0.05, 0.1) is 12.6 Å². The number of methoxy groups -OCH3 is 1. The van der Waals surface area contributed by atoms with Gasteiger partial charge >= 0.3 is 0 Å². The zero-order valence-electron chi connectivity index (χ0n) is 9.07. The van der Waals surface area contributed by atoms with Crippen LogP contribution in [0.15, 0.2) is 30.3 Å². The Morgan fingerprint density at radius 3 is 2.73 bits per heavy atom. The van der Waals surface area contributed by atoms with Crippen LogP contribution in [-0.4, -0.2) is 20.3 Å². The Kier molecular flexibility index (Phi) is 5.54. The van der Waals surface area contributed by atoms with Crippen LogP contribution in [0.1, 0.15) is 18.0 Å². The second kappa shape index (κ2) is 7.05. The van der Waals surface area contributed by atoms with E-state index in [0.717, 1.165) is 13.0 Å². The summed E-state index contributed by atoms with van der Waals surface area (Å²) in [5.74, 6) is 2.61. The summed E-state index contributed by atoms with van der Waals surface area (Å²) in [6, 6.07) is 10.5. The summed E-state index contributed by atoms with van der Waals surface area (Å²) >= 11 is 0. The first-order chi connectivity index (χ1) is 7.38. The summed E-state index contributed by atoms with van der Waals surface area (Å²) < 4.78 is 5.17. The van der Waals surface area contributed by atoms with Crippen LogP contribution < -0.4 is 5.32 Å². The highest BCUT2D eigenvalue weighted by Gasteiger charge is 2.08. The lowest BCUT2D eigenvalue weighted by molar-refractivity contribution is 0.167. The molecular weight excluding hydrogens is 186 g/mol. The van der Waals surface area contributed by atoms with Crippen molar-refractivity contribution in [1.29, 1.82) is 0 Å². The highest BCUT2D eigenvalue weighted by atomic mass is 16.5. The Labute approximate surface area is 91.6 Å². The van der Waals surface area contributed by atoms with E-state index in [0.29, 0.717) is 6.61 Å². The van der Waals surface area contributed by atoms with Crippen molar-refractivity contribution in [2.45, 2.75) is 12.5 Å². The standard InChI is InChI=1S/C13H17NO/c1-3-4-10-14-13(11-15-2)12-8-6-5-7-9-12/h1,5-9,13-14H,4,10-11H2,2H3. The van der Waals surface area contributed by atoms with Gasteiger partial charge in [-0.05, 0) is 5.56 Å². The number of hydrogen-bond donors (Lipinski definition) is 1. The molecule has 0 aliphatic carbocycles. The summed E-state index contributed by atoms with van der Waals surface area (Å²) in [6.07, 6.45) is 5.95. The Morgan fingerprint density at radius 2 is 2.13 bits per heavy atom. The largest absolute Gasteiger partial charge is 0.383 e. The molecule has 2 heteroatoms. The number of nitrogens with one attached hydrogen (secondary N) is 1. The van der Waals surface area contributed by atoms with E-state index >= 15 is 0 Å². The SMILES string of the molecule is C#CCCNC(COC)c1ccccc1. The van der Waals surface area contributed by atoms with E-state index in [1.807, 2.05) is 18.2 Å². The summed E-state index contributed by atoms with van der Waals surface area (Å²) in [5.41, 5.74) is 1.23. The molecule has 1 aromatic rings. The Morgan fingerprint density at radius 1 is 1.40 bits per heavy atom. The van der Waals surface area contributed by atoms with Crippen LogP contribution in [0.2, 0.25) is 0 Å². The lowest BCUT2D eigenvalue weighted by Crippen LogP contribution is -2.25. The molecule has 1 aromatic carbocycles. The maximum absolute atomic E-state index is 5.21. The van der Waals surface area contributed by atoms with E-state index in [4.69, 9.17) is 11.2 Å². The first-order valence-electron chi connectivity index (χ1n) is 5.09. The molecule has 0 amide bonds. The second-order valence-corrected chi connectivity index (χ2v) is 3.33. The summed E-state index contributed by atoms with van der Waals surface area (Å²) in [5, 5.41) is 3.37. The third kappa shape index (κ3) is 4.16. The molecular formula is C13H17NO. The third-order valence-electron chi connectivity index (χ3n) is 2.20. The van der Waals surface area contributed by atoms with Gasteiger partial charge in [0.2, 0.25) is 0 Å². The van der Waals surface area contributed by atoms with E-state index in [1.54, 1.807) is 7.11 Å². The van der Waals surface area contributed by atoms with Crippen LogP contribution >= 0.6 is 0 Å². The molecule has 0 aliphatic heterocycles. The van der Waals surface area contributed by atoms with Crippen molar-refractivity contribution in [3.8, 4) is 12.3 Å². The van der Waals surface area contributed by atoms with Crippen molar-refractivity contribution < 1.29 is 4.74 Å². The molecule has 15 heavy (non-hydrogen) atoms. The molecule has 80 valence electrons. The van der Waals surface area contributed by atoms with E-state index in [1.165, 1.54) is 5.56 Å². The predicted octanol–water partition coefficient (Wildman–Crippen LogP) is 1.99. The molecule has 1 atom stereocenters. The van der Waals surface area contributed by atoms with Crippen LogP contribution in [0.25, 0.3) is 0 Å². The van der Waals surface area contributed by atoms with Crippen molar-refractivity contribution in [3.05, 3.63) is 35.9 Å². The lowest BCUT2D eigenvalue weighted by Gasteiger charge is -2.17. The predicted molar refractivity (Wildman–Crippen MR) is 62.5 cm³/mol. The van der Waals surface area contributed by atoms with Crippen molar-refractivity contribution in [1.82, 2.24) is 5.32 Å². The van der Waals surface area contributed by atoms with E-state index < -0.39 is 0 Å². The Bertz CT molecular complexity index is 302. The quantitative estimate of drug-likeness (QED) is 0.564. The normalized spacial score (nSPS) is 12.0.